The van der Waals surface area contributed by atoms with Crippen molar-refractivity contribution in [3.05, 3.63) is 0 Å². The Hall–Kier alpha value is -0.960. The van der Waals surface area contributed by atoms with Gasteiger partial charge in [-0.05, 0) is 6.92 Å². The molecule has 1 rings (SSSR count). The van der Waals surface area contributed by atoms with Crippen molar-refractivity contribution in [1.29, 1.82) is 0 Å². The normalized spacial score (nSPS) is 25.6. The molecule has 4 unspecified atom stereocenters. The molecular formula is C13H15F12NO2. The second-order valence-corrected chi connectivity index (χ2v) is 6.19. The van der Waals surface area contributed by atoms with Gasteiger partial charge >= 0.3 is 24.2 Å². The number of morpholine rings is 1. The van der Waals surface area contributed by atoms with Crippen LogP contribution in [0.25, 0.3) is 0 Å². The van der Waals surface area contributed by atoms with Crippen LogP contribution in [-0.4, -0.2) is 80.1 Å². The Morgan fingerprint density at radius 3 is 1.86 bits per heavy atom. The fourth-order valence-corrected chi connectivity index (χ4v) is 2.32. The van der Waals surface area contributed by atoms with E-state index in [0.29, 0.717) is 0 Å². The van der Waals surface area contributed by atoms with E-state index in [4.69, 9.17) is 0 Å². The highest BCUT2D eigenvalue weighted by Crippen LogP contribution is 2.36. The van der Waals surface area contributed by atoms with Gasteiger partial charge in [0.05, 0.1) is 6.10 Å². The van der Waals surface area contributed by atoms with Crippen molar-refractivity contribution in [3.8, 4) is 0 Å². The number of nitrogens with zero attached hydrogens (tertiary/aromatic N) is 1. The van der Waals surface area contributed by atoms with Crippen LogP contribution >= 0.6 is 0 Å². The quantitative estimate of drug-likeness (QED) is 0.435. The summed E-state index contributed by atoms with van der Waals surface area (Å²) in [6.07, 6.45) is -23.0. The molecule has 1 saturated heterocycles. The van der Waals surface area contributed by atoms with Crippen molar-refractivity contribution in [1.82, 2.24) is 4.90 Å². The highest BCUT2D eigenvalue weighted by Gasteiger charge is 2.57. The van der Waals surface area contributed by atoms with Crippen molar-refractivity contribution in [3.63, 3.8) is 0 Å². The maximum atomic E-state index is 14.0. The molecule has 0 aromatic rings. The molecule has 0 aromatic carbocycles. The highest BCUT2D eigenvalue weighted by molar-refractivity contribution is 4.87. The summed E-state index contributed by atoms with van der Waals surface area (Å²) in [5.74, 6) is -9.90. The summed E-state index contributed by atoms with van der Waals surface area (Å²) >= 11 is 0. The van der Waals surface area contributed by atoms with Gasteiger partial charge in [-0.15, -0.1) is 0 Å². The van der Waals surface area contributed by atoms with Gasteiger partial charge in [-0.25, -0.2) is 17.6 Å². The molecule has 15 heteroatoms. The number of hydrogen-bond donors (Lipinski definition) is 0. The molecule has 0 spiro atoms. The Kier molecular flexibility index (Phi) is 7.54. The summed E-state index contributed by atoms with van der Waals surface area (Å²) in [4.78, 5) is 0.0432. The van der Waals surface area contributed by atoms with Gasteiger partial charge in [0, 0.05) is 13.1 Å². The molecule has 0 bridgehead atoms. The van der Waals surface area contributed by atoms with E-state index in [1.807, 2.05) is 0 Å². The predicted octanol–water partition coefficient (Wildman–Crippen LogP) is 4.12. The highest BCUT2D eigenvalue weighted by atomic mass is 19.4. The van der Waals surface area contributed by atoms with Crippen LogP contribution in [0.15, 0.2) is 0 Å². The topological polar surface area (TPSA) is 21.7 Å². The molecule has 1 fully saturated rings. The number of rotatable bonds is 7. The van der Waals surface area contributed by atoms with E-state index in [9.17, 15) is 52.7 Å². The minimum absolute atomic E-state index is 0.0432. The van der Waals surface area contributed by atoms with Crippen molar-refractivity contribution in [2.45, 2.75) is 55.8 Å². The standard InChI is InChI=1S/C13H15F12NO2/c1-6-2-26(3-7(28-6)12(20,21)22)9(15)11(18,19)5-27-4-10(16,17)8(14)13(23,24)25/h6-9H,2-5H2,1H3. The third kappa shape index (κ3) is 6.54. The SMILES string of the molecule is CC1CN(C(F)C(F)(F)COCC(F)(F)C(F)C(F)(F)F)CC(C(F)(F)F)O1. The minimum Gasteiger partial charge on any atom is -0.369 e. The molecule has 0 N–H and O–H groups in total. The lowest BCUT2D eigenvalue weighted by molar-refractivity contribution is -0.276. The monoisotopic (exact) mass is 445 g/mol. The first-order valence-corrected chi connectivity index (χ1v) is 7.52. The van der Waals surface area contributed by atoms with Gasteiger partial charge in [-0.3, -0.25) is 4.90 Å². The Morgan fingerprint density at radius 1 is 0.893 bits per heavy atom. The average molecular weight is 445 g/mol. The minimum atomic E-state index is -5.99. The zero-order valence-corrected chi connectivity index (χ0v) is 13.9. The molecule has 1 aliphatic rings. The first-order valence-electron chi connectivity index (χ1n) is 7.52. The Labute approximate surface area is 150 Å². The van der Waals surface area contributed by atoms with Crippen LogP contribution in [0.4, 0.5) is 52.7 Å². The largest absolute Gasteiger partial charge is 0.425 e. The van der Waals surface area contributed by atoms with E-state index >= 15 is 0 Å². The molecule has 1 heterocycles. The van der Waals surface area contributed by atoms with Crippen LogP contribution in [0.2, 0.25) is 0 Å². The van der Waals surface area contributed by atoms with Crippen LogP contribution < -0.4 is 0 Å². The maximum Gasteiger partial charge on any atom is 0.425 e. The summed E-state index contributed by atoms with van der Waals surface area (Å²) in [5.41, 5.74) is 0. The lowest BCUT2D eigenvalue weighted by Gasteiger charge is -2.40. The average Bonchev–Trinajstić information content (AvgIpc) is 2.50. The Bertz CT molecular complexity index is 509. The fourth-order valence-electron chi connectivity index (χ4n) is 2.32. The molecular weight excluding hydrogens is 430 g/mol. The van der Waals surface area contributed by atoms with Crippen LogP contribution in [0.1, 0.15) is 6.92 Å². The predicted molar refractivity (Wildman–Crippen MR) is 68.5 cm³/mol. The molecule has 3 nitrogen and oxygen atoms in total. The smallest absolute Gasteiger partial charge is 0.369 e. The first-order chi connectivity index (χ1) is 12.4. The molecule has 28 heavy (non-hydrogen) atoms. The van der Waals surface area contributed by atoms with Gasteiger partial charge in [0.2, 0.25) is 6.30 Å². The molecule has 168 valence electrons. The second-order valence-electron chi connectivity index (χ2n) is 6.19. The molecule has 0 aromatic heterocycles. The third-order valence-electron chi connectivity index (χ3n) is 3.57. The number of ether oxygens (including phenoxy) is 2. The van der Waals surface area contributed by atoms with Crippen LogP contribution in [0.3, 0.4) is 0 Å². The number of halogens is 12. The van der Waals surface area contributed by atoms with Crippen LogP contribution in [0, 0.1) is 0 Å². The van der Waals surface area contributed by atoms with Gasteiger partial charge in [0.25, 0.3) is 6.17 Å². The van der Waals surface area contributed by atoms with Crippen molar-refractivity contribution < 1.29 is 62.2 Å². The zero-order valence-electron chi connectivity index (χ0n) is 13.9. The zero-order chi connectivity index (χ0) is 22.1. The van der Waals surface area contributed by atoms with E-state index in [-0.39, 0.29) is 4.90 Å². The molecule has 4 atom stereocenters. The molecule has 1 aliphatic heterocycles. The Balaban J connectivity index is 2.71. The summed E-state index contributed by atoms with van der Waals surface area (Å²) in [5, 5.41) is 0. The summed E-state index contributed by atoms with van der Waals surface area (Å²) in [6.45, 7) is -5.65. The van der Waals surface area contributed by atoms with Crippen LogP contribution in [0.5, 0.6) is 0 Å². The van der Waals surface area contributed by atoms with Gasteiger partial charge in [-0.2, -0.15) is 35.1 Å². The maximum absolute atomic E-state index is 14.0. The number of alkyl halides is 12. The van der Waals surface area contributed by atoms with Gasteiger partial charge in [0.15, 0.2) is 6.10 Å². The summed E-state index contributed by atoms with van der Waals surface area (Å²) < 4.78 is 162. The fraction of sp³-hybridized carbons (Fsp3) is 1.00. The van der Waals surface area contributed by atoms with E-state index in [0.717, 1.165) is 6.92 Å². The van der Waals surface area contributed by atoms with Crippen molar-refractivity contribution in [2.75, 3.05) is 26.3 Å². The van der Waals surface area contributed by atoms with Gasteiger partial charge in [-0.1, -0.05) is 0 Å². The van der Waals surface area contributed by atoms with Gasteiger partial charge < -0.3 is 9.47 Å². The third-order valence-corrected chi connectivity index (χ3v) is 3.57. The molecule has 0 aliphatic carbocycles. The molecule has 0 radical (unpaired) electrons. The van der Waals surface area contributed by atoms with Gasteiger partial charge in [0.1, 0.15) is 13.2 Å². The Morgan fingerprint density at radius 2 is 1.39 bits per heavy atom. The van der Waals surface area contributed by atoms with E-state index in [1.54, 1.807) is 0 Å². The van der Waals surface area contributed by atoms with E-state index in [2.05, 4.69) is 9.47 Å². The van der Waals surface area contributed by atoms with Crippen molar-refractivity contribution >= 4 is 0 Å². The second kappa shape index (κ2) is 8.42. The molecule has 0 saturated carbocycles. The van der Waals surface area contributed by atoms with Crippen LogP contribution in [-0.2, 0) is 9.47 Å². The lowest BCUT2D eigenvalue weighted by atomic mass is 10.1. The van der Waals surface area contributed by atoms with Crippen molar-refractivity contribution in [2.24, 2.45) is 0 Å². The lowest BCUT2D eigenvalue weighted by Crippen LogP contribution is -2.58. The van der Waals surface area contributed by atoms with E-state index < -0.39 is 75.2 Å². The van der Waals surface area contributed by atoms with E-state index in [1.165, 1.54) is 0 Å². The molecule has 0 amide bonds. The summed E-state index contributed by atoms with van der Waals surface area (Å²) in [7, 11) is 0. The first kappa shape index (κ1) is 25.1. The summed E-state index contributed by atoms with van der Waals surface area (Å²) in [6, 6.07) is 0. The number of hydrogen-bond acceptors (Lipinski definition) is 3.